The number of halogens is 2. The molecule has 3 aliphatic carbocycles. The van der Waals surface area contributed by atoms with E-state index in [1.54, 1.807) is 24.3 Å². The molecular weight excluding hydrogens is 541 g/mol. The Kier molecular flexibility index (Phi) is 5.36. The van der Waals surface area contributed by atoms with Gasteiger partial charge in [0.05, 0.1) is 17.5 Å². The first-order chi connectivity index (χ1) is 19.1. The van der Waals surface area contributed by atoms with Crippen molar-refractivity contribution in [3.63, 3.8) is 0 Å². The summed E-state index contributed by atoms with van der Waals surface area (Å²) in [5.74, 6) is -1.04. The summed E-state index contributed by atoms with van der Waals surface area (Å²) >= 11 is 15.0. The fourth-order valence-electron chi connectivity index (χ4n) is 6.74. The molecule has 4 aliphatic rings. The summed E-state index contributed by atoms with van der Waals surface area (Å²) in [5, 5.41) is 0. The number of alkyl halides is 2. The maximum absolute atomic E-state index is 14.1. The molecule has 4 nitrogen and oxygen atoms in total. The van der Waals surface area contributed by atoms with Crippen LogP contribution in [-0.2, 0) is 24.8 Å². The third-order valence-electron chi connectivity index (χ3n) is 8.64. The Morgan fingerprint density at radius 2 is 1.00 bits per heavy atom. The molecule has 0 spiro atoms. The van der Waals surface area contributed by atoms with Gasteiger partial charge in [0.1, 0.15) is 21.2 Å². The van der Waals surface area contributed by atoms with Crippen LogP contribution in [0.5, 0.6) is 11.5 Å². The van der Waals surface area contributed by atoms with Crippen LogP contribution in [0.25, 0.3) is 0 Å². The number of amides is 2. The van der Waals surface area contributed by atoms with Crippen LogP contribution in [0.3, 0.4) is 0 Å². The van der Waals surface area contributed by atoms with Gasteiger partial charge in [0.15, 0.2) is 0 Å². The number of nitrogens with zero attached hydrogens (tertiary/aromatic N) is 1. The van der Waals surface area contributed by atoms with Gasteiger partial charge in [-0.05, 0) is 69.6 Å². The number of hydrogen-bond acceptors (Lipinski definition) is 3. The summed E-state index contributed by atoms with van der Waals surface area (Å²) < 4.78 is 6.04. The zero-order valence-corrected chi connectivity index (χ0v) is 23.8. The number of carbonyl (C=O) groups is 2. The Morgan fingerprint density at radius 1 is 0.625 bits per heavy atom. The number of anilines is 1. The van der Waals surface area contributed by atoms with Crippen LogP contribution >= 0.6 is 23.2 Å². The van der Waals surface area contributed by atoms with E-state index in [0.29, 0.717) is 17.2 Å². The lowest BCUT2D eigenvalue weighted by atomic mass is 9.54. The molecule has 1 saturated heterocycles. The van der Waals surface area contributed by atoms with Crippen LogP contribution in [0.15, 0.2) is 97.1 Å². The lowest BCUT2D eigenvalue weighted by molar-refractivity contribution is -0.122. The van der Waals surface area contributed by atoms with Gasteiger partial charge in [-0.3, -0.25) is 9.59 Å². The van der Waals surface area contributed by atoms with Gasteiger partial charge in [-0.1, -0.05) is 81.4 Å². The lowest BCUT2D eigenvalue weighted by Crippen LogP contribution is -2.57. The second kappa shape index (κ2) is 8.45. The Bertz CT molecular complexity index is 1570. The summed E-state index contributed by atoms with van der Waals surface area (Å²) in [7, 11) is 0. The standard InChI is InChI=1S/C34H27Cl2NO3/c1-32(2,3)20-12-16-22(17-13-20)40-23-18-14-21(15-19-23)37-30(38)28-29(31(37)39)34(36)25-9-5-4-8-24(25)33(28,35)26-10-6-7-11-27(26)34/h4-19,28-29H,1-3H3/t28-,29-,33?,34?/m0/s1. The van der Waals surface area contributed by atoms with E-state index in [-0.39, 0.29) is 17.2 Å². The van der Waals surface area contributed by atoms with Crippen LogP contribution < -0.4 is 9.64 Å². The summed E-state index contributed by atoms with van der Waals surface area (Å²) in [5.41, 5.74) is 4.89. The van der Waals surface area contributed by atoms with Crippen molar-refractivity contribution in [3.05, 3.63) is 125 Å². The maximum Gasteiger partial charge on any atom is 0.240 e. The highest BCUT2D eigenvalue weighted by Crippen LogP contribution is 2.69. The molecule has 0 N–H and O–H groups in total. The molecule has 40 heavy (non-hydrogen) atoms. The zero-order chi connectivity index (χ0) is 28.0. The molecule has 4 aromatic carbocycles. The normalized spacial score (nSPS) is 26.4. The van der Waals surface area contributed by atoms with E-state index in [2.05, 4.69) is 32.9 Å². The van der Waals surface area contributed by atoms with Crippen LogP contribution in [0, 0.1) is 11.8 Å². The minimum absolute atomic E-state index is 0.0532. The molecule has 2 atom stereocenters. The first-order valence-electron chi connectivity index (χ1n) is 13.4. The van der Waals surface area contributed by atoms with Crippen molar-refractivity contribution in [1.29, 1.82) is 0 Å². The first-order valence-corrected chi connectivity index (χ1v) is 14.2. The number of rotatable bonds is 3. The molecule has 6 heteroatoms. The van der Waals surface area contributed by atoms with E-state index in [0.717, 1.165) is 22.3 Å². The van der Waals surface area contributed by atoms with E-state index >= 15 is 0 Å². The highest BCUT2D eigenvalue weighted by atomic mass is 35.5. The van der Waals surface area contributed by atoms with Gasteiger partial charge >= 0.3 is 0 Å². The van der Waals surface area contributed by atoms with Crippen molar-refractivity contribution in [3.8, 4) is 11.5 Å². The average Bonchev–Trinajstić information content (AvgIpc) is 3.23. The smallest absolute Gasteiger partial charge is 0.240 e. The highest BCUT2D eigenvalue weighted by Gasteiger charge is 2.73. The quantitative estimate of drug-likeness (QED) is 0.187. The number of benzene rings is 4. The molecule has 0 saturated carbocycles. The predicted molar refractivity (Wildman–Crippen MR) is 157 cm³/mol. The molecule has 1 fully saturated rings. The summed E-state index contributed by atoms with van der Waals surface area (Å²) in [6.07, 6.45) is 0. The van der Waals surface area contributed by atoms with E-state index in [1.165, 1.54) is 10.5 Å². The summed E-state index contributed by atoms with van der Waals surface area (Å²) in [6.45, 7) is 6.50. The van der Waals surface area contributed by atoms with Crippen molar-refractivity contribution in [1.82, 2.24) is 0 Å². The van der Waals surface area contributed by atoms with E-state index in [1.807, 2.05) is 60.7 Å². The number of hydrogen-bond donors (Lipinski definition) is 0. The molecule has 0 aromatic heterocycles. The Labute approximate surface area is 243 Å². The first kappa shape index (κ1) is 25.4. The Morgan fingerprint density at radius 3 is 1.38 bits per heavy atom. The van der Waals surface area contributed by atoms with Gasteiger partial charge in [-0.25, -0.2) is 4.90 Å². The molecule has 0 radical (unpaired) electrons. The zero-order valence-electron chi connectivity index (χ0n) is 22.3. The highest BCUT2D eigenvalue weighted by molar-refractivity contribution is 6.38. The molecule has 8 rings (SSSR count). The molecule has 2 bridgehead atoms. The molecule has 1 aliphatic heterocycles. The third kappa shape index (κ3) is 3.27. The van der Waals surface area contributed by atoms with Crippen molar-refractivity contribution in [2.75, 3.05) is 4.90 Å². The average molecular weight is 569 g/mol. The predicted octanol–water partition coefficient (Wildman–Crippen LogP) is 7.87. The Hall–Kier alpha value is -3.60. The second-order valence-corrected chi connectivity index (χ2v) is 13.0. The van der Waals surface area contributed by atoms with Crippen molar-refractivity contribution < 1.29 is 14.3 Å². The van der Waals surface area contributed by atoms with Gasteiger partial charge < -0.3 is 4.74 Å². The third-order valence-corrected chi connectivity index (χ3v) is 9.92. The van der Waals surface area contributed by atoms with Gasteiger partial charge in [0, 0.05) is 0 Å². The van der Waals surface area contributed by atoms with Crippen LogP contribution in [0.2, 0.25) is 0 Å². The van der Waals surface area contributed by atoms with Gasteiger partial charge in [0.2, 0.25) is 11.8 Å². The monoisotopic (exact) mass is 567 g/mol. The minimum atomic E-state index is -1.20. The number of ether oxygens (including phenoxy) is 1. The summed E-state index contributed by atoms with van der Waals surface area (Å²) in [6, 6.07) is 30.3. The molecule has 4 aromatic rings. The van der Waals surface area contributed by atoms with Gasteiger partial charge in [-0.2, -0.15) is 0 Å². The topological polar surface area (TPSA) is 46.6 Å². The fourth-order valence-corrected chi connectivity index (χ4v) is 7.84. The van der Waals surface area contributed by atoms with E-state index in [9.17, 15) is 9.59 Å². The number of imide groups is 1. The largest absolute Gasteiger partial charge is 0.457 e. The molecule has 200 valence electrons. The number of carbonyl (C=O) groups excluding carboxylic acids is 2. The van der Waals surface area contributed by atoms with Gasteiger partial charge in [-0.15, -0.1) is 23.2 Å². The van der Waals surface area contributed by atoms with E-state index in [4.69, 9.17) is 27.9 Å². The lowest BCUT2D eigenvalue weighted by Gasteiger charge is -2.54. The molecule has 0 unspecified atom stereocenters. The molecular formula is C34H27Cl2NO3. The van der Waals surface area contributed by atoms with Crippen LogP contribution in [0.4, 0.5) is 5.69 Å². The van der Waals surface area contributed by atoms with Gasteiger partial charge in [0.25, 0.3) is 0 Å². The van der Waals surface area contributed by atoms with Crippen LogP contribution in [0.1, 0.15) is 48.6 Å². The molecule has 2 amide bonds. The van der Waals surface area contributed by atoms with E-state index < -0.39 is 21.6 Å². The fraction of sp³-hybridized carbons (Fsp3) is 0.235. The maximum atomic E-state index is 14.1. The van der Waals surface area contributed by atoms with Crippen LogP contribution in [-0.4, -0.2) is 11.8 Å². The molecule has 1 heterocycles. The van der Waals surface area contributed by atoms with Crippen molar-refractivity contribution in [2.45, 2.75) is 35.9 Å². The van der Waals surface area contributed by atoms with Crippen molar-refractivity contribution >= 4 is 40.7 Å². The minimum Gasteiger partial charge on any atom is -0.457 e. The Balaban J connectivity index is 1.24. The van der Waals surface area contributed by atoms with Crippen molar-refractivity contribution in [2.24, 2.45) is 11.8 Å². The SMILES string of the molecule is CC(C)(C)c1ccc(Oc2ccc(N3C(=O)[C@@H]4[C@@H](C3=O)C3(Cl)c5ccccc5C4(Cl)c4ccccc43)cc2)cc1. The second-order valence-electron chi connectivity index (χ2n) is 11.9. The summed E-state index contributed by atoms with van der Waals surface area (Å²) in [4.78, 5) is 27.1.